The molecule has 1 aromatic carbocycles. The molecule has 2 heteroatoms. The summed E-state index contributed by atoms with van der Waals surface area (Å²) in [4.78, 5) is 4.54. The van der Waals surface area contributed by atoms with Gasteiger partial charge in [0.1, 0.15) is 0 Å². The summed E-state index contributed by atoms with van der Waals surface area (Å²) in [5.41, 5.74) is 1.81. The van der Waals surface area contributed by atoms with Crippen LogP contribution in [0.3, 0.4) is 0 Å². The van der Waals surface area contributed by atoms with Crippen molar-refractivity contribution < 1.29 is 4.74 Å². The van der Waals surface area contributed by atoms with Crippen molar-refractivity contribution in [2.75, 3.05) is 6.61 Å². The molecule has 2 nitrogen and oxygen atoms in total. The van der Waals surface area contributed by atoms with Crippen molar-refractivity contribution in [1.82, 2.24) is 0 Å². The van der Waals surface area contributed by atoms with Gasteiger partial charge in [-0.3, -0.25) is 0 Å². The van der Waals surface area contributed by atoms with E-state index in [1.54, 1.807) is 0 Å². The van der Waals surface area contributed by atoms with Crippen molar-refractivity contribution in [3.8, 4) is 0 Å². The second-order valence-electron chi connectivity index (χ2n) is 5.35. The van der Waals surface area contributed by atoms with Gasteiger partial charge in [-0.05, 0) is 37.8 Å². The van der Waals surface area contributed by atoms with E-state index in [4.69, 9.17) is 4.74 Å². The minimum absolute atomic E-state index is 0.678. The maximum atomic E-state index is 5.90. The average molecular weight is 257 g/mol. The molecule has 0 aliphatic heterocycles. The number of para-hydroxylation sites is 1. The van der Waals surface area contributed by atoms with Gasteiger partial charge in [-0.25, -0.2) is 4.99 Å². The quantitative estimate of drug-likeness (QED) is 0.556. The first kappa shape index (κ1) is 13.9. The predicted octanol–water partition coefficient (Wildman–Crippen LogP) is 4.89. The molecule has 1 aliphatic carbocycles. The Morgan fingerprint density at radius 2 is 1.89 bits per heavy atom. The Morgan fingerprint density at radius 1 is 1.21 bits per heavy atom. The monoisotopic (exact) mass is 257 g/mol. The van der Waals surface area contributed by atoms with Gasteiger partial charge in [-0.2, -0.15) is 0 Å². The first-order valence-electron chi connectivity index (χ1n) is 7.18. The molecule has 102 valence electrons. The molecular weight excluding hydrogens is 234 g/mol. The Bertz CT molecular complexity index is 430. The molecule has 0 radical (unpaired) electrons. The number of ether oxygens (including phenoxy) is 1. The van der Waals surface area contributed by atoms with E-state index in [1.165, 1.54) is 32.1 Å². The summed E-state index contributed by atoms with van der Waals surface area (Å²) in [6, 6.07) is 9.91. The highest BCUT2D eigenvalue weighted by molar-refractivity contribution is 5.94. The summed E-state index contributed by atoms with van der Waals surface area (Å²) in [5.74, 6) is 1.37. The Morgan fingerprint density at radius 3 is 2.53 bits per heavy atom. The molecule has 1 aliphatic rings. The molecule has 19 heavy (non-hydrogen) atoms. The molecule has 0 bridgehead atoms. The van der Waals surface area contributed by atoms with Crippen molar-refractivity contribution in [3.63, 3.8) is 0 Å². The summed E-state index contributed by atoms with van der Waals surface area (Å²) < 4.78 is 5.90. The van der Waals surface area contributed by atoms with Crippen LogP contribution in [-0.4, -0.2) is 12.5 Å². The highest BCUT2D eigenvalue weighted by Crippen LogP contribution is 2.24. The first-order valence-corrected chi connectivity index (χ1v) is 7.18. The third-order valence-electron chi connectivity index (χ3n) is 3.53. The van der Waals surface area contributed by atoms with Crippen LogP contribution in [0.25, 0.3) is 0 Å². The molecule has 0 saturated heterocycles. The Balaban J connectivity index is 1.96. The van der Waals surface area contributed by atoms with E-state index in [0.717, 1.165) is 17.9 Å². The van der Waals surface area contributed by atoms with Gasteiger partial charge in [0.25, 0.3) is 0 Å². The summed E-state index contributed by atoms with van der Waals surface area (Å²) in [6.07, 6.45) is 6.63. The zero-order valence-electron chi connectivity index (χ0n) is 11.8. The molecule has 0 atom stereocenters. The largest absolute Gasteiger partial charge is 0.477 e. The lowest BCUT2D eigenvalue weighted by atomic mass is 9.90. The number of aliphatic imine (C=N–C) groups is 1. The minimum Gasteiger partial charge on any atom is -0.477 e. The van der Waals surface area contributed by atoms with Crippen LogP contribution in [0.2, 0.25) is 0 Å². The lowest BCUT2D eigenvalue weighted by molar-refractivity contribution is 0.200. The Labute approximate surface area is 116 Å². The van der Waals surface area contributed by atoms with E-state index in [-0.39, 0.29) is 0 Å². The van der Waals surface area contributed by atoms with Crippen molar-refractivity contribution in [3.05, 3.63) is 42.5 Å². The van der Waals surface area contributed by atoms with Crippen LogP contribution in [0.5, 0.6) is 0 Å². The standard InChI is InChI=1S/C17H23NO/c1-14(2)17(18-16-11-7-4-8-12-16)19-13-15-9-5-3-6-10-15/h4,7-8,11-12,15H,1,3,5-6,9-10,13H2,2H3. The van der Waals surface area contributed by atoms with E-state index >= 15 is 0 Å². The summed E-state index contributed by atoms with van der Waals surface area (Å²) in [6.45, 7) is 6.68. The van der Waals surface area contributed by atoms with Gasteiger partial charge in [-0.15, -0.1) is 0 Å². The summed E-state index contributed by atoms with van der Waals surface area (Å²) in [5, 5.41) is 0. The van der Waals surface area contributed by atoms with Gasteiger partial charge in [0.15, 0.2) is 0 Å². The normalized spacial score (nSPS) is 17.2. The highest BCUT2D eigenvalue weighted by atomic mass is 16.5. The minimum atomic E-state index is 0.678. The highest BCUT2D eigenvalue weighted by Gasteiger charge is 2.15. The van der Waals surface area contributed by atoms with Crippen molar-refractivity contribution in [1.29, 1.82) is 0 Å². The molecule has 0 unspecified atom stereocenters. The summed E-state index contributed by atoms with van der Waals surface area (Å²) in [7, 11) is 0. The molecular formula is C17H23NO. The SMILES string of the molecule is C=C(C)C(=Nc1ccccc1)OCC1CCCCC1. The van der Waals surface area contributed by atoms with Crippen LogP contribution in [0.15, 0.2) is 47.5 Å². The lowest BCUT2D eigenvalue weighted by Crippen LogP contribution is -2.17. The fraction of sp³-hybridized carbons (Fsp3) is 0.471. The molecule has 0 heterocycles. The topological polar surface area (TPSA) is 21.6 Å². The fourth-order valence-electron chi connectivity index (χ4n) is 2.42. The van der Waals surface area contributed by atoms with Crippen molar-refractivity contribution in [2.24, 2.45) is 10.9 Å². The maximum absolute atomic E-state index is 5.90. The Hall–Kier alpha value is -1.57. The number of hydrogen-bond acceptors (Lipinski definition) is 2. The van der Waals surface area contributed by atoms with Crippen molar-refractivity contribution >= 4 is 11.6 Å². The van der Waals surface area contributed by atoms with Gasteiger partial charge in [0.2, 0.25) is 5.90 Å². The number of benzene rings is 1. The average Bonchev–Trinajstić information content (AvgIpc) is 2.45. The van der Waals surface area contributed by atoms with E-state index in [9.17, 15) is 0 Å². The van der Waals surface area contributed by atoms with E-state index in [1.807, 2.05) is 37.3 Å². The third-order valence-corrected chi connectivity index (χ3v) is 3.53. The second kappa shape index (κ2) is 7.13. The number of nitrogens with zero attached hydrogens (tertiary/aromatic N) is 1. The van der Waals surface area contributed by atoms with Gasteiger partial charge in [0, 0.05) is 5.57 Å². The molecule has 0 amide bonds. The van der Waals surface area contributed by atoms with Crippen LogP contribution in [-0.2, 0) is 4.74 Å². The molecule has 1 fully saturated rings. The van der Waals surface area contributed by atoms with Crippen LogP contribution in [0.4, 0.5) is 5.69 Å². The van der Waals surface area contributed by atoms with Crippen molar-refractivity contribution in [2.45, 2.75) is 39.0 Å². The third kappa shape index (κ3) is 4.55. The van der Waals surface area contributed by atoms with E-state index in [0.29, 0.717) is 11.8 Å². The first-order chi connectivity index (χ1) is 9.25. The fourth-order valence-corrected chi connectivity index (χ4v) is 2.42. The van der Waals surface area contributed by atoms with Gasteiger partial charge < -0.3 is 4.74 Å². The molecule has 2 rings (SSSR count). The van der Waals surface area contributed by atoms with Crippen LogP contribution in [0.1, 0.15) is 39.0 Å². The lowest BCUT2D eigenvalue weighted by Gasteiger charge is -2.22. The summed E-state index contributed by atoms with van der Waals surface area (Å²) >= 11 is 0. The predicted molar refractivity (Wildman–Crippen MR) is 80.9 cm³/mol. The van der Waals surface area contributed by atoms with Crippen LogP contribution >= 0.6 is 0 Å². The zero-order chi connectivity index (χ0) is 13.5. The molecule has 0 spiro atoms. The molecule has 1 aromatic rings. The van der Waals surface area contributed by atoms with Crippen LogP contribution in [0, 0.1) is 5.92 Å². The number of rotatable bonds is 4. The van der Waals surface area contributed by atoms with Crippen LogP contribution < -0.4 is 0 Å². The second-order valence-corrected chi connectivity index (χ2v) is 5.35. The van der Waals surface area contributed by atoms with Gasteiger partial charge in [0.05, 0.1) is 12.3 Å². The Kier molecular flexibility index (Phi) is 5.20. The smallest absolute Gasteiger partial charge is 0.216 e. The number of hydrogen-bond donors (Lipinski definition) is 0. The zero-order valence-corrected chi connectivity index (χ0v) is 11.8. The molecule has 1 saturated carbocycles. The molecule has 0 N–H and O–H groups in total. The molecule has 0 aromatic heterocycles. The maximum Gasteiger partial charge on any atom is 0.216 e. The van der Waals surface area contributed by atoms with E-state index in [2.05, 4.69) is 11.6 Å². The van der Waals surface area contributed by atoms with Gasteiger partial charge in [-0.1, -0.05) is 44.0 Å². The van der Waals surface area contributed by atoms with Gasteiger partial charge >= 0.3 is 0 Å². The van der Waals surface area contributed by atoms with E-state index < -0.39 is 0 Å².